The highest BCUT2D eigenvalue weighted by atomic mass is 16.5. The van der Waals surface area contributed by atoms with Crippen LogP contribution in [0.1, 0.15) is 29.6 Å². The Morgan fingerprint density at radius 3 is 2.64 bits per heavy atom. The smallest absolute Gasteiger partial charge is 0.337 e. The maximum Gasteiger partial charge on any atom is 0.337 e. The third-order valence-electron chi connectivity index (χ3n) is 4.05. The molecule has 0 atom stereocenters. The standard InChI is InChI=1S/C17H23N3O5/c1-25-16(23)12-3-2-4-14(11-12)19-13-6-9-20(10-7-13)17(24)18-8-5-15(21)22/h2-4,11,13,19H,5-10H2,1H3,(H,18,24)(H,21,22). The van der Waals surface area contributed by atoms with E-state index in [0.717, 1.165) is 18.5 Å². The number of anilines is 1. The molecule has 25 heavy (non-hydrogen) atoms. The van der Waals surface area contributed by atoms with E-state index in [1.54, 1.807) is 23.1 Å². The number of methoxy groups -OCH3 is 1. The molecule has 3 N–H and O–H groups in total. The first-order valence-electron chi connectivity index (χ1n) is 8.19. The van der Waals surface area contributed by atoms with Crippen molar-refractivity contribution >= 4 is 23.7 Å². The Balaban J connectivity index is 1.79. The zero-order chi connectivity index (χ0) is 18.2. The number of amides is 2. The van der Waals surface area contributed by atoms with Crippen molar-refractivity contribution in [1.82, 2.24) is 10.2 Å². The predicted molar refractivity (Wildman–Crippen MR) is 91.7 cm³/mol. The lowest BCUT2D eigenvalue weighted by Crippen LogP contribution is -2.47. The topological polar surface area (TPSA) is 108 Å². The highest BCUT2D eigenvalue weighted by molar-refractivity contribution is 5.90. The predicted octanol–water partition coefficient (Wildman–Crippen LogP) is 1.53. The molecule has 1 fully saturated rings. The Kier molecular flexibility index (Phi) is 6.62. The van der Waals surface area contributed by atoms with Crippen LogP contribution in [0.5, 0.6) is 0 Å². The zero-order valence-electron chi connectivity index (χ0n) is 14.2. The average Bonchev–Trinajstić information content (AvgIpc) is 2.61. The van der Waals surface area contributed by atoms with Gasteiger partial charge in [-0.2, -0.15) is 0 Å². The number of nitrogens with zero attached hydrogens (tertiary/aromatic N) is 1. The molecular weight excluding hydrogens is 326 g/mol. The summed E-state index contributed by atoms with van der Waals surface area (Å²) in [7, 11) is 1.35. The lowest BCUT2D eigenvalue weighted by molar-refractivity contribution is -0.136. The Labute approximate surface area is 146 Å². The molecule has 0 spiro atoms. The number of benzene rings is 1. The molecule has 1 aliphatic rings. The van der Waals surface area contributed by atoms with E-state index in [2.05, 4.69) is 10.6 Å². The maximum absolute atomic E-state index is 11.9. The minimum Gasteiger partial charge on any atom is -0.481 e. The summed E-state index contributed by atoms with van der Waals surface area (Å²) in [5.74, 6) is -1.31. The van der Waals surface area contributed by atoms with Crippen LogP contribution in [0.4, 0.5) is 10.5 Å². The number of piperidine rings is 1. The number of carboxylic acid groups (broad SMARTS) is 1. The molecule has 1 saturated heterocycles. The minimum atomic E-state index is -0.933. The molecule has 8 heteroatoms. The number of hydrogen-bond acceptors (Lipinski definition) is 5. The Hall–Kier alpha value is -2.77. The van der Waals surface area contributed by atoms with Gasteiger partial charge in [-0.3, -0.25) is 4.79 Å². The monoisotopic (exact) mass is 349 g/mol. The van der Waals surface area contributed by atoms with Crippen LogP contribution in [0.3, 0.4) is 0 Å². The third-order valence-corrected chi connectivity index (χ3v) is 4.05. The van der Waals surface area contributed by atoms with Gasteiger partial charge in [-0.25, -0.2) is 9.59 Å². The zero-order valence-corrected chi connectivity index (χ0v) is 14.2. The highest BCUT2D eigenvalue weighted by Gasteiger charge is 2.22. The van der Waals surface area contributed by atoms with E-state index in [1.807, 2.05) is 6.07 Å². The molecule has 0 saturated carbocycles. The molecule has 0 unspecified atom stereocenters. The van der Waals surface area contributed by atoms with Crippen LogP contribution in [-0.2, 0) is 9.53 Å². The second-order valence-corrected chi connectivity index (χ2v) is 5.85. The number of hydrogen-bond donors (Lipinski definition) is 3. The van der Waals surface area contributed by atoms with E-state index in [9.17, 15) is 14.4 Å². The minimum absolute atomic E-state index is 0.0830. The second-order valence-electron chi connectivity index (χ2n) is 5.85. The Morgan fingerprint density at radius 2 is 2.00 bits per heavy atom. The Morgan fingerprint density at radius 1 is 1.28 bits per heavy atom. The van der Waals surface area contributed by atoms with Crippen molar-refractivity contribution in [3.8, 4) is 0 Å². The average molecular weight is 349 g/mol. The molecular formula is C17H23N3O5. The number of carbonyl (C=O) groups excluding carboxylic acids is 2. The highest BCUT2D eigenvalue weighted by Crippen LogP contribution is 2.18. The molecule has 0 radical (unpaired) electrons. The molecule has 2 rings (SSSR count). The van der Waals surface area contributed by atoms with Gasteiger partial charge in [0.05, 0.1) is 19.1 Å². The van der Waals surface area contributed by atoms with Crippen molar-refractivity contribution < 1.29 is 24.2 Å². The van der Waals surface area contributed by atoms with Gasteiger partial charge < -0.3 is 25.4 Å². The van der Waals surface area contributed by atoms with Crippen LogP contribution in [0.15, 0.2) is 24.3 Å². The molecule has 1 aliphatic heterocycles. The van der Waals surface area contributed by atoms with Crippen molar-refractivity contribution in [1.29, 1.82) is 0 Å². The number of nitrogens with one attached hydrogen (secondary N) is 2. The summed E-state index contributed by atoms with van der Waals surface area (Å²) in [6.07, 6.45) is 1.46. The summed E-state index contributed by atoms with van der Waals surface area (Å²) in [5, 5.41) is 14.6. The molecule has 2 amide bonds. The van der Waals surface area contributed by atoms with Crippen LogP contribution in [-0.4, -0.2) is 60.8 Å². The summed E-state index contributed by atoms with van der Waals surface area (Å²) >= 11 is 0. The summed E-state index contributed by atoms with van der Waals surface area (Å²) in [4.78, 5) is 35.7. The third kappa shape index (κ3) is 5.66. The SMILES string of the molecule is COC(=O)c1cccc(NC2CCN(C(=O)NCCC(=O)O)CC2)c1. The normalized spacial score (nSPS) is 14.7. The maximum atomic E-state index is 11.9. The lowest BCUT2D eigenvalue weighted by Gasteiger charge is -2.33. The number of likely N-dealkylation sites (tertiary alicyclic amines) is 1. The number of aliphatic carboxylic acids is 1. The van der Waals surface area contributed by atoms with E-state index < -0.39 is 5.97 Å². The quantitative estimate of drug-likeness (QED) is 0.672. The van der Waals surface area contributed by atoms with E-state index >= 15 is 0 Å². The van der Waals surface area contributed by atoms with Gasteiger partial charge in [0, 0.05) is 31.4 Å². The molecule has 1 aromatic rings. The molecule has 8 nitrogen and oxygen atoms in total. The van der Waals surface area contributed by atoms with Gasteiger partial charge in [-0.15, -0.1) is 0 Å². The van der Waals surface area contributed by atoms with Gasteiger partial charge in [0.25, 0.3) is 0 Å². The lowest BCUT2D eigenvalue weighted by atomic mass is 10.0. The summed E-state index contributed by atoms with van der Waals surface area (Å²) in [5.41, 5.74) is 1.33. The van der Waals surface area contributed by atoms with Gasteiger partial charge >= 0.3 is 18.0 Å². The number of esters is 1. The summed E-state index contributed by atoms with van der Waals surface area (Å²) in [6, 6.07) is 7.10. The van der Waals surface area contributed by atoms with E-state index in [0.29, 0.717) is 18.7 Å². The molecule has 0 aliphatic carbocycles. The van der Waals surface area contributed by atoms with Crippen LogP contribution in [0, 0.1) is 0 Å². The van der Waals surface area contributed by atoms with Crippen LogP contribution in [0.2, 0.25) is 0 Å². The molecule has 0 aromatic heterocycles. The van der Waals surface area contributed by atoms with E-state index in [-0.39, 0.29) is 31.0 Å². The van der Waals surface area contributed by atoms with Crippen LogP contribution >= 0.6 is 0 Å². The molecule has 0 bridgehead atoms. The van der Waals surface area contributed by atoms with Crippen LogP contribution < -0.4 is 10.6 Å². The van der Waals surface area contributed by atoms with Gasteiger partial charge in [0.2, 0.25) is 0 Å². The van der Waals surface area contributed by atoms with Crippen molar-refractivity contribution in [2.24, 2.45) is 0 Å². The number of carbonyl (C=O) groups is 3. The Bertz CT molecular complexity index is 626. The van der Waals surface area contributed by atoms with Gasteiger partial charge in [-0.1, -0.05) is 6.07 Å². The first kappa shape index (κ1) is 18.6. The van der Waals surface area contributed by atoms with E-state index in [1.165, 1.54) is 7.11 Å². The van der Waals surface area contributed by atoms with Crippen molar-refractivity contribution in [2.45, 2.75) is 25.3 Å². The fourth-order valence-electron chi connectivity index (χ4n) is 2.70. The van der Waals surface area contributed by atoms with Crippen molar-refractivity contribution in [3.63, 3.8) is 0 Å². The summed E-state index contributed by atoms with van der Waals surface area (Å²) in [6.45, 7) is 1.31. The number of rotatable bonds is 6. The molecule has 1 aromatic carbocycles. The molecule has 136 valence electrons. The number of ether oxygens (including phenoxy) is 1. The largest absolute Gasteiger partial charge is 0.481 e. The first-order chi connectivity index (χ1) is 12.0. The first-order valence-corrected chi connectivity index (χ1v) is 8.19. The molecule has 1 heterocycles. The summed E-state index contributed by atoms with van der Waals surface area (Å²) < 4.78 is 4.71. The fourth-order valence-corrected chi connectivity index (χ4v) is 2.70. The van der Waals surface area contributed by atoms with Crippen molar-refractivity contribution in [2.75, 3.05) is 32.1 Å². The number of urea groups is 1. The van der Waals surface area contributed by atoms with Crippen molar-refractivity contribution in [3.05, 3.63) is 29.8 Å². The second kappa shape index (κ2) is 8.91. The van der Waals surface area contributed by atoms with Gasteiger partial charge in [0.15, 0.2) is 0 Å². The van der Waals surface area contributed by atoms with Gasteiger partial charge in [0.1, 0.15) is 0 Å². The van der Waals surface area contributed by atoms with E-state index in [4.69, 9.17) is 9.84 Å². The number of carboxylic acids is 1. The van der Waals surface area contributed by atoms with Gasteiger partial charge in [-0.05, 0) is 31.0 Å². The fraction of sp³-hybridized carbons (Fsp3) is 0.471. The van der Waals surface area contributed by atoms with Crippen LogP contribution in [0.25, 0.3) is 0 Å².